The van der Waals surface area contributed by atoms with Crippen LogP contribution in [0, 0.1) is 13.8 Å². The van der Waals surface area contributed by atoms with Gasteiger partial charge in [-0.25, -0.2) is 8.42 Å². The number of sulfonamides is 1. The summed E-state index contributed by atoms with van der Waals surface area (Å²) in [5, 5.41) is 3.35. The van der Waals surface area contributed by atoms with Gasteiger partial charge in [0.25, 0.3) is 10.0 Å². The third kappa shape index (κ3) is 6.76. The Morgan fingerprint density at radius 2 is 1.67 bits per heavy atom. The molecule has 0 atom stereocenters. The number of hydrogen-bond donors (Lipinski definition) is 1. The zero-order chi connectivity index (χ0) is 23.8. The van der Waals surface area contributed by atoms with Crippen molar-refractivity contribution in [1.29, 1.82) is 0 Å². The van der Waals surface area contributed by atoms with E-state index < -0.39 is 10.0 Å². The van der Waals surface area contributed by atoms with Crippen LogP contribution in [-0.4, -0.2) is 33.2 Å². The first-order valence-corrected chi connectivity index (χ1v) is 13.5. The highest BCUT2D eigenvalue weighted by atomic mass is 35.5. The van der Waals surface area contributed by atoms with Gasteiger partial charge in [-0.15, -0.1) is 0 Å². The molecule has 1 amide bonds. The van der Waals surface area contributed by atoms with Crippen molar-refractivity contribution in [1.82, 2.24) is 5.32 Å². The molecule has 0 heterocycles. The first-order chi connectivity index (χ1) is 15.8. The number of aryl methyl sites for hydroxylation is 2. The molecule has 0 fully saturated rings. The van der Waals surface area contributed by atoms with Gasteiger partial charge in [-0.2, -0.15) is 11.8 Å². The largest absolute Gasteiger partial charge is 0.354 e. The Morgan fingerprint density at radius 1 is 0.970 bits per heavy atom. The molecule has 3 aromatic rings. The molecule has 8 heteroatoms. The number of nitrogens with one attached hydrogen (secondary N) is 1. The summed E-state index contributed by atoms with van der Waals surface area (Å²) in [6.07, 6.45) is 0. The summed E-state index contributed by atoms with van der Waals surface area (Å²) in [6, 6.07) is 21.3. The summed E-state index contributed by atoms with van der Waals surface area (Å²) >= 11 is 7.78. The molecule has 0 saturated carbocycles. The van der Waals surface area contributed by atoms with Gasteiger partial charge in [0.05, 0.1) is 10.6 Å². The van der Waals surface area contributed by atoms with Gasteiger partial charge in [-0.1, -0.05) is 54.1 Å². The van der Waals surface area contributed by atoms with Crippen molar-refractivity contribution >= 4 is 45.0 Å². The van der Waals surface area contributed by atoms with Crippen molar-refractivity contribution in [3.05, 3.63) is 94.5 Å². The van der Waals surface area contributed by atoms with Gasteiger partial charge in [0.15, 0.2) is 0 Å². The molecule has 0 spiro atoms. The van der Waals surface area contributed by atoms with Gasteiger partial charge in [0.2, 0.25) is 5.91 Å². The van der Waals surface area contributed by atoms with E-state index in [0.29, 0.717) is 22.8 Å². The average Bonchev–Trinajstić information content (AvgIpc) is 2.79. The number of anilines is 1. The predicted molar refractivity (Wildman–Crippen MR) is 138 cm³/mol. The number of amides is 1. The Balaban J connectivity index is 1.67. The SMILES string of the molecule is Cc1ccccc1CSCCNC(=O)CN(c1ccc(Cl)cc1C)S(=O)(=O)c1ccccc1. The summed E-state index contributed by atoms with van der Waals surface area (Å²) in [7, 11) is -3.94. The molecule has 0 saturated heterocycles. The molecule has 5 nitrogen and oxygen atoms in total. The van der Waals surface area contributed by atoms with Gasteiger partial charge < -0.3 is 5.32 Å². The van der Waals surface area contributed by atoms with E-state index in [0.717, 1.165) is 15.8 Å². The zero-order valence-electron chi connectivity index (χ0n) is 18.6. The van der Waals surface area contributed by atoms with E-state index in [9.17, 15) is 13.2 Å². The number of rotatable bonds is 10. The second-order valence-electron chi connectivity index (χ2n) is 7.58. The van der Waals surface area contributed by atoms with Crippen LogP contribution >= 0.6 is 23.4 Å². The van der Waals surface area contributed by atoms with Crippen molar-refractivity contribution in [2.75, 3.05) is 23.1 Å². The fraction of sp³-hybridized carbons (Fsp3) is 0.240. The lowest BCUT2D eigenvalue weighted by atomic mass is 10.1. The van der Waals surface area contributed by atoms with Crippen LogP contribution in [0.4, 0.5) is 5.69 Å². The fourth-order valence-corrected chi connectivity index (χ4v) is 5.99. The van der Waals surface area contributed by atoms with Crippen molar-refractivity contribution in [2.45, 2.75) is 24.5 Å². The minimum atomic E-state index is -3.94. The molecule has 33 heavy (non-hydrogen) atoms. The lowest BCUT2D eigenvalue weighted by molar-refractivity contribution is -0.119. The lowest BCUT2D eigenvalue weighted by Gasteiger charge is -2.25. The lowest BCUT2D eigenvalue weighted by Crippen LogP contribution is -2.41. The van der Waals surface area contributed by atoms with Crippen molar-refractivity contribution < 1.29 is 13.2 Å². The maximum Gasteiger partial charge on any atom is 0.264 e. The number of benzene rings is 3. The standard InChI is InChI=1S/C25H27ClN2O3S2/c1-19-8-6-7-9-21(19)18-32-15-14-27-25(29)17-28(24-13-12-22(26)16-20(24)2)33(30,31)23-10-4-3-5-11-23/h3-13,16H,14-15,17-18H2,1-2H3,(H,27,29). The third-order valence-electron chi connectivity index (χ3n) is 5.13. The van der Waals surface area contributed by atoms with E-state index in [2.05, 4.69) is 24.4 Å². The van der Waals surface area contributed by atoms with Crippen LogP contribution < -0.4 is 9.62 Å². The third-order valence-corrected chi connectivity index (χ3v) is 8.15. The van der Waals surface area contributed by atoms with E-state index in [1.54, 1.807) is 55.1 Å². The molecule has 3 rings (SSSR count). The van der Waals surface area contributed by atoms with Crippen molar-refractivity contribution in [2.24, 2.45) is 0 Å². The Labute approximate surface area is 205 Å². The first kappa shape index (κ1) is 25.1. The molecule has 0 radical (unpaired) electrons. The van der Waals surface area contributed by atoms with Crippen molar-refractivity contribution in [3.8, 4) is 0 Å². The van der Waals surface area contributed by atoms with Gasteiger partial charge in [-0.05, 0) is 60.9 Å². The molecule has 0 aliphatic rings. The Bertz CT molecular complexity index is 1200. The highest BCUT2D eigenvalue weighted by molar-refractivity contribution is 7.98. The number of nitrogens with zero attached hydrogens (tertiary/aromatic N) is 1. The van der Waals surface area contributed by atoms with Crippen LogP contribution in [-0.2, 0) is 20.6 Å². The fourth-order valence-electron chi connectivity index (χ4n) is 3.32. The molecule has 0 unspecified atom stereocenters. The van der Waals surface area contributed by atoms with Gasteiger partial charge in [-0.3, -0.25) is 9.10 Å². The van der Waals surface area contributed by atoms with Gasteiger partial charge in [0, 0.05) is 23.1 Å². The zero-order valence-corrected chi connectivity index (χ0v) is 21.0. The summed E-state index contributed by atoms with van der Waals surface area (Å²) in [4.78, 5) is 12.8. The summed E-state index contributed by atoms with van der Waals surface area (Å²) < 4.78 is 27.9. The minimum absolute atomic E-state index is 0.126. The summed E-state index contributed by atoms with van der Waals surface area (Å²) in [5.74, 6) is 1.23. The number of thioether (sulfide) groups is 1. The normalized spacial score (nSPS) is 11.2. The molecule has 0 aliphatic carbocycles. The van der Waals surface area contributed by atoms with Crippen molar-refractivity contribution in [3.63, 3.8) is 0 Å². The monoisotopic (exact) mass is 502 g/mol. The molecule has 0 aliphatic heterocycles. The predicted octanol–water partition coefficient (Wildman–Crippen LogP) is 5.20. The van der Waals surface area contributed by atoms with E-state index in [4.69, 9.17) is 11.6 Å². The topological polar surface area (TPSA) is 66.5 Å². The Kier molecular flexibility index (Phi) is 8.83. The molecule has 174 valence electrons. The Morgan fingerprint density at radius 3 is 2.36 bits per heavy atom. The number of carbonyl (C=O) groups is 1. The van der Waals surface area contributed by atoms with Gasteiger partial charge >= 0.3 is 0 Å². The first-order valence-electron chi connectivity index (χ1n) is 10.5. The van der Waals surface area contributed by atoms with E-state index in [1.807, 2.05) is 12.1 Å². The molecule has 0 aromatic heterocycles. The number of halogens is 1. The quantitative estimate of drug-likeness (QED) is 0.387. The van der Waals surface area contributed by atoms with E-state index >= 15 is 0 Å². The van der Waals surface area contributed by atoms with Crippen LogP contribution in [0.25, 0.3) is 0 Å². The highest BCUT2D eigenvalue weighted by Gasteiger charge is 2.28. The second kappa shape index (κ2) is 11.6. The molecular formula is C25H27ClN2O3S2. The maximum atomic E-state index is 13.4. The number of carbonyl (C=O) groups excluding carboxylic acids is 1. The molecule has 1 N–H and O–H groups in total. The highest BCUT2D eigenvalue weighted by Crippen LogP contribution is 2.28. The van der Waals surface area contributed by atoms with Crippen LogP contribution in [0.2, 0.25) is 5.02 Å². The maximum absolute atomic E-state index is 13.4. The minimum Gasteiger partial charge on any atom is -0.354 e. The number of hydrogen-bond acceptors (Lipinski definition) is 4. The average molecular weight is 503 g/mol. The van der Waals surface area contributed by atoms with E-state index in [1.165, 1.54) is 23.3 Å². The summed E-state index contributed by atoms with van der Waals surface area (Å²) in [5.41, 5.74) is 3.61. The second-order valence-corrected chi connectivity index (χ2v) is 11.0. The van der Waals surface area contributed by atoms with Crippen LogP contribution in [0.3, 0.4) is 0 Å². The molecular weight excluding hydrogens is 476 g/mol. The Hall–Kier alpha value is -2.48. The molecule has 3 aromatic carbocycles. The molecule has 0 bridgehead atoms. The summed E-state index contributed by atoms with van der Waals surface area (Å²) in [6.45, 7) is 3.99. The van der Waals surface area contributed by atoms with Crippen LogP contribution in [0.15, 0.2) is 77.7 Å². The van der Waals surface area contributed by atoms with Crippen LogP contribution in [0.5, 0.6) is 0 Å². The van der Waals surface area contributed by atoms with Gasteiger partial charge in [0.1, 0.15) is 6.54 Å². The van der Waals surface area contributed by atoms with E-state index in [-0.39, 0.29) is 17.3 Å². The van der Waals surface area contributed by atoms with Crippen LogP contribution in [0.1, 0.15) is 16.7 Å². The smallest absolute Gasteiger partial charge is 0.264 e.